The highest BCUT2D eigenvalue weighted by Gasteiger charge is 2.20. The lowest BCUT2D eigenvalue weighted by Gasteiger charge is -2.17. The van der Waals surface area contributed by atoms with Crippen LogP contribution in [0.5, 0.6) is 5.75 Å². The highest BCUT2D eigenvalue weighted by atomic mass is 35.5. The Morgan fingerprint density at radius 2 is 1.97 bits per heavy atom. The number of halogens is 1. The quantitative estimate of drug-likeness (QED) is 0.245. The molecule has 0 spiro atoms. The second kappa shape index (κ2) is 10.7. The van der Waals surface area contributed by atoms with E-state index in [2.05, 4.69) is 15.5 Å². The van der Waals surface area contributed by atoms with E-state index in [1.54, 1.807) is 6.07 Å². The molecule has 3 aromatic rings. The van der Waals surface area contributed by atoms with Crippen LogP contribution in [0, 0.1) is 24.0 Å². The Balaban J connectivity index is 1.66. The van der Waals surface area contributed by atoms with Crippen LogP contribution in [0.2, 0.25) is 5.02 Å². The van der Waals surface area contributed by atoms with Crippen LogP contribution in [-0.2, 0) is 11.3 Å². The summed E-state index contributed by atoms with van der Waals surface area (Å²) in [5, 5.41) is 23.4. The Bertz CT molecular complexity index is 1160. The molecule has 1 unspecified atom stereocenters. The van der Waals surface area contributed by atoms with E-state index < -0.39 is 4.92 Å². The van der Waals surface area contributed by atoms with Crippen LogP contribution >= 0.6 is 23.4 Å². The molecule has 1 heterocycles. The van der Waals surface area contributed by atoms with Gasteiger partial charge in [0.15, 0.2) is 17.1 Å². The molecule has 2 aromatic carbocycles. The van der Waals surface area contributed by atoms with E-state index in [0.29, 0.717) is 34.0 Å². The number of nitro groups is 1. The fourth-order valence-corrected chi connectivity index (χ4v) is 4.18. The molecule has 0 aliphatic heterocycles. The maximum absolute atomic E-state index is 12.3. The summed E-state index contributed by atoms with van der Waals surface area (Å²) in [6.45, 7) is 8.30. The molecule has 3 rings (SSSR count). The van der Waals surface area contributed by atoms with Crippen molar-refractivity contribution >= 4 is 40.6 Å². The lowest BCUT2D eigenvalue weighted by Crippen LogP contribution is -2.15. The van der Waals surface area contributed by atoms with Gasteiger partial charge < -0.3 is 14.6 Å². The summed E-state index contributed by atoms with van der Waals surface area (Å²) in [7, 11) is 0. The smallest absolute Gasteiger partial charge is 0.271 e. The average molecular weight is 490 g/mol. The lowest BCUT2D eigenvalue weighted by atomic mass is 10.1. The van der Waals surface area contributed by atoms with Crippen molar-refractivity contribution in [2.24, 2.45) is 0 Å². The number of nitro benzene ring substituents is 1. The highest BCUT2D eigenvalue weighted by Crippen LogP contribution is 2.30. The van der Waals surface area contributed by atoms with Gasteiger partial charge in [0.05, 0.1) is 10.7 Å². The van der Waals surface area contributed by atoms with Gasteiger partial charge in [-0.05, 0) is 57.0 Å². The van der Waals surface area contributed by atoms with Crippen LogP contribution in [-0.4, -0.2) is 31.3 Å². The summed E-state index contributed by atoms with van der Waals surface area (Å²) >= 11 is 7.47. The number of hydrogen-bond acceptors (Lipinski definition) is 7. The van der Waals surface area contributed by atoms with Crippen LogP contribution in [0.4, 0.5) is 11.4 Å². The molecule has 0 fully saturated rings. The number of nitrogens with one attached hydrogen (secondary N) is 1. The fraction of sp³-hybridized carbons (Fsp3) is 0.318. The van der Waals surface area contributed by atoms with Gasteiger partial charge in [-0.2, -0.15) is 0 Å². The van der Waals surface area contributed by atoms with Gasteiger partial charge in [-0.3, -0.25) is 14.9 Å². The normalized spacial score (nSPS) is 11.8. The van der Waals surface area contributed by atoms with Gasteiger partial charge in [0, 0.05) is 29.4 Å². The number of benzene rings is 2. The van der Waals surface area contributed by atoms with Crippen molar-refractivity contribution < 1.29 is 14.5 Å². The second-order valence-electron chi connectivity index (χ2n) is 7.36. The van der Waals surface area contributed by atoms with E-state index in [9.17, 15) is 14.9 Å². The van der Waals surface area contributed by atoms with Crippen molar-refractivity contribution in [2.75, 3.05) is 11.1 Å². The van der Waals surface area contributed by atoms with Crippen molar-refractivity contribution in [3.63, 3.8) is 0 Å². The molecule has 11 heteroatoms. The summed E-state index contributed by atoms with van der Waals surface area (Å²) in [5.41, 5.74) is 2.14. The third-order valence-electron chi connectivity index (χ3n) is 4.82. The molecule has 0 saturated carbocycles. The summed E-state index contributed by atoms with van der Waals surface area (Å²) in [6, 6.07) is 9.56. The van der Waals surface area contributed by atoms with Crippen molar-refractivity contribution in [2.45, 2.75) is 45.5 Å². The summed E-state index contributed by atoms with van der Waals surface area (Å²) in [5.74, 6) is 1.11. The second-order valence-corrected chi connectivity index (χ2v) is 8.68. The molecule has 0 bridgehead atoms. The maximum Gasteiger partial charge on any atom is 0.271 e. The Morgan fingerprint density at radius 3 is 2.61 bits per heavy atom. The first kappa shape index (κ1) is 24.5. The third-order valence-corrected chi connectivity index (χ3v) is 6.38. The molecule has 1 amide bonds. The summed E-state index contributed by atoms with van der Waals surface area (Å²) < 4.78 is 7.98. The van der Waals surface area contributed by atoms with Crippen LogP contribution in [0.1, 0.15) is 36.9 Å². The number of carbonyl (C=O) groups excluding carboxylic acids is 1. The molecular formula is C22H24ClN5O4S. The van der Waals surface area contributed by atoms with Gasteiger partial charge >= 0.3 is 0 Å². The number of rotatable bonds is 9. The molecule has 9 nitrogen and oxygen atoms in total. The largest absolute Gasteiger partial charge is 0.483 e. The monoisotopic (exact) mass is 489 g/mol. The summed E-state index contributed by atoms with van der Waals surface area (Å²) in [6.07, 6.45) is -0.370. The number of nitrogens with zero attached hydrogens (tertiary/aromatic N) is 4. The van der Waals surface area contributed by atoms with Gasteiger partial charge in [0.1, 0.15) is 5.75 Å². The molecule has 1 aromatic heterocycles. The first-order valence-electron chi connectivity index (χ1n) is 10.2. The first-order valence-corrected chi connectivity index (χ1v) is 11.6. The van der Waals surface area contributed by atoms with E-state index in [-0.39, 0.29) is 23.5 Å². The molecule has 1 atom stereocenters. The number of hydrogen-bond donors (Lipinski definition) is 1. The highest BCUT2D eigenvalue weighted by molar-refractivity contribution is 7.99. The third kappa shape index (κ3) is 6.02. The number of thioether (sulfide) groups is 1. The SMILES string of the molecule is CCn1c(SCC(=O)Nc2cccc([N+](=O)[O-])c2)nnc1C(C)Oc1cc(C)c(Cl)c(C)c1. The Labute approximate surface area is 200 Å². The average Bonchev–Trinajstić information content (AvgIpc) is 3.19. The van der Waals surface area contributed by atoms with Gasteiger partial charge in [-0.1, -0.05) is 29.4 Å². The van der Waals surface area contributed by atoms with Crippen LogP contribution < -0.4 is 10.1 Å². The van der Waals surface area contributed by atoms with Crippen molar-refractivity contribution in [1.29, 1.82) is 0 Å². The molecule has 0 saturated heterocycles. The van der Waals surface area contributed by atoms with Gasteiger partial charge in [-0.15, -0.1) is 10.2 Å². The number of carbonyl (C=O) groups is 1. The minimum Gasteiger partial charge on any atom is -0.483 e. The maximum atomic E-state index is 12.3. The molecule has 0 aliphatic rings. The zero-order valence-electron chi connectivity index (χ0n) is 18.7. The summed E-state index contributed by atoms with van der Waals surface area (Å²) in [4.78, 5) is 22.7. The van der Waals surface area contributed by atoms with Crippen molar-refractivity contribution in [3.05, 3.63) is 68.5 Å². The molecule has 33 heavy (non-hydrogen) atoms. The number of amides is 1. The lowest BCUT2D eigenvalue weighted by molar-refractivity contribution is -0.384. The number of anilines is 1. The van der Waals surface area contributed by atoms with Crippen LogP contribution in [0.3, 0.4) is 0 Å². The first-order chi connectivity index (χ1) is 15.7. The van der Waals surface area contributed by atoms with Gasteiger partial charge in [-0.25, -0.2) is 0 Å². The minimum atomic E-state index is -0.508. The molecular weight excluding hydrogens is 466 g/mol. The Kier molecular flexibility index (Phi) is 7.93. The Hall–Kier alpha value is -3.11. The molecule has 1 N–H and O–H groups in total. The topological polar surface area (TPSA) is 112 Å². The number of non-ortho nitro benzene ring substituents is 1. The predicted molar refractivity (Wildman–Crippen MR) is 128 cm³/mol. The number of ether oxygens (including phenoxy) is 1. The number of aromatic nitrogens is 3. The molecule has 0 aliphatic carbocycles. The van der Waals surface area contributed by atoms with E-state index in [1.165, 1.54) is 30.0 Å². The van der Waals surface area contributed by atoms with Crippen molar-refractivity contribution in [1.82, 2.24) is 14.8 Å². The minimum absolute atomic E-state index is 0.0750. The zero-order chi connectivity index (χ0) is 24.1. The van der Waals surface area contributed by atoms with Crippen molar-refractivity contribution in [3.8, 4) is 5.75 Å². The molecule has 0 radical (unpaired) electrons. The molecule has 174 valence electrons. The van der Waals surface area contributed by atoms with Crippen LogP contribution in [0.25, 0.3) is 0 Å². The fourth-order valence-electron chi connectivity index (χ4n) is 3.26. The zero-order valence-corrected chi connectivity index (χ0v) is 20.2. The standard InChI is InChI=1S/C22H24ClN5O4S/c1-5-27-21(15(4)32-18-9-13(2)20(23)14(3)10-18)25-26-22(27)33-12-19(29)24-16-7-6-8-17(11-16)28(30)31/h6-11,15H,5,12H2,1-4H3,(H,24,29). The van der Waals surface area contributed by atoms with E-state index in [1.807, 2.05) is 44.4 Å². The predicted octanol–water partition coefficient (Wildman–Crippen LogP) is 5.35. The van der Waals surface area contributed by atoms with Crippen LogP contribution in [0.15, 0.2) is 41.6 Å². The van der Waals surface area contributed by atoms with Gasteiger partial charge in [0.25, 0.3) is 5.69 Å². The van der Waals surface area contributed by atoms with Gasteiger partial charge in [0.2, 0.25) is 5.91 Å². The van der Waals surface area contributed by atoms with E-state index in [4.69, 9.17) is 16.3 Å². The Morgan fingerprint density at radius 1 is 1.27 bits per heavy atom. The number of aryl methyl sites for hydroxylation is 2. The van der Waals surface area contributed by atoms with E-state index in [0.717, 1.165) is 11.1 Å². The van der Waals surface area contributed by atoms with E-state index >= 15 is 0 Å².